The number of aliphatic hydroxyl groups excluding tert-OH is 2. The number of carbonyl (C=O) groups is 2. The Hall–Kier alpha value is -1.22. The van der Waals surface area contributed by atoms with Crippen LogP contribution in [0.4, 0.5) is 0 Å². The van der Waals surface area contributed by atoms with Gasteiger partial charge in [-0.1, -0.05) is 20.3 Å². The third kappa shape index (κ3) is 6.54. The zero-order valence-electron chi connectivity index (χ0n) is 15.7. The van der Waals surface area contributed by atoms with Crippen LogP contribution >= 0.6 is 0 Å². The average molecular weight is 360 g/mol. The summed E-state index contributed by atoms with van der Waals surface area (Å²) in [6.07, 6.45) is -2.87. The highest BCUT2D eigenvalue weighted by atomic mass is 16.7. The Morgan fingerprint density at radius 2 is 1.84 bits per heavy atom. The minimum Gasteiger partial charge on any atom is -0.388 e. The van der Waals surface area contributed by atoms with Crippen molar-refractivity contribution >= 4 is 11.8 Å². The quantitative estimate of drug-likeness (QED) is 0.481. The lowest BCUT2D eigenvalue weighted by atomic mass is 9.95. The van der Waals surface area contributed by atoms with Gasteiger partial charge in [-0.15, -0.1) is 0 Å². The van der Waals surface area contributed by atoms with E-state index in [0.29, 0.717) is 0 Å². The molecule has 8 nitrogen and oxygen atoms in total. The third-order valence-electron chi connectivity index (χ3n) is 4.13. The molecule has 0 aromatic heterocycles. The maximum absolute atomic E-state index is 12.1. The molecule has 0 spiro atoms. The van der Waals surface area contributed by atoms with Crippen LogP contribution in [0.1, 0.15) is 47.5 Å². The van der Waals surface area contributed by atoms with E-state index in [1.54, 1.807) is 13.8 Å². The number of carbonyl (C=O) groups excluding carboxylic acids is 2. The van der Waals surface area contributed by atoms with Crippen molar-refractivity contribution in [3.05, 3.63) is 0 Å². The first-order chi connectivity index (χ1) is 11.7. The van der Waals surface area contributed by atoms with Crippen LogP contribution in [0.5, 0.6) is 0 Å². The predicted octanol–water partition coefficient (Wildman–Crippen LogP) is -0.0848. The van der Waals surface area contributed by atoms with Crippen LogP contribution in [0, 0.1) is 5.92 Å². The molecule has 146 valence electrons. The number of hydrogen-bond acceptors (Lipinski definition) is 6. The molecule has 1 saturated heterocycles. The van der Waals surface area contributed by atoms with Crippen molar-refractivity contribution in [3.63, 3.8) is 0 Å². The van der Waals surface area contributed by atoms with Crippen molar-refractivity contribution in [2.24, 2.45) is 5.92 Å². The van der Waals surface area contributed by atoms with Gasteiger partial charge in [-0.05, 0) is 20.3 Å². The summed E-state index contributed by atoms with van der Waals surface area (Å²) in [5.74, 6) is -0.612. The molecule has 1 heterocycles. The summed E-state index contributed by atoms with van der Waals surface area (Å²) in [5, 5.41) is 25.9. The number of nitrogens with one attached hydrogen (secondary N) is 2. The van der Waals surface area contributed by atoms with Crippen molar-refractivity contribution in [1.82, 2.24) is 10.6 Å². The highest BCUT2D eigenvalue weighted by Gasteiger charge is 2.45. The molecule has 2 amide bonds. The average Bonchev–Trinajstić information content (AvgIpc) is 2.52. The van der Waals surface area contributed by atoms with Gasteiger partial charge in [0.1, 0.15) is 18.3 Å². The lowest BCUT2D eigenvalue weighted by Crippen LogP contribution is -2.66. The molecule has 0 aromatic rings. The second kappa shape index (κ2) is 10.1. The van der Waals surface area contributed by atoms with Crippen molar-refractivity contribution in [2.75, 3.05) is 6.54 Å². The second-order valence-corrected chi connectivity index (χ2v) is 6.87. The number of hydrogen-bond donors (Lipinski definition) is 4. The van der Waals surface area contributed by atoms with Gasteiger partial charge in [0.2, 0.25) is 11.8 Å². The topological polar surface area (TPSA) is 117 Å². The van der Waals surface area contributed by atoms with Gasteiger partial charge in [0.05, 0.1) is 12.1 Å². The predicted molar refractivity (Wildman–Crippen MR) is 91.6 cm³/mol. The summed E-state index contributed by atoms with van der Waals surface area (Å²) in [7, 11) is 0. The molecule has 1 rings (SSSR count). The summed E-state index contributed by atoms with van der Waals surface area (Å²) in [5.41, 5.74) is 0. The zero-order valence-corrected chi connectivity index (χ0v) is 15.7. The maximum atomic E-state index is 12.1. The fraction of sp³-hybridized carbons (Fsp3) is 0.882. The van der Waals surface area contributed by atoms with E-state index in [2.05, 4.69) is 10.6 Å². The van der Waals surface area contributed by atoms with Crippen LogP contribution < -0.4 is 10.6 Å². The van der Waals surface area contributed by atoms with Crippen LogP contribution in [0.3, 0.4) is 0 Å². The van der Waals surface area contributed by atoms with Gasteiger partial charge in [0.25, 0.3) is 0 Å². The first kappa shape index (κ1) is 21.8. The molecule has 1 fully saturated rings. The molecule has 0 bridgehead atoms. The molecule has 25 heavy (non-hydrogen) atoms. The Balaban J connectivity index is 2.80. The second-order valence-electron chi connectivity index (χ2n) is 6.87. The van der Waals surface area contributed by atoms with Gasteiger partial charge in [-0.25, -0.2) is 0 Å². The van der Waals surface area contributed by atoms with Gasteiger partial charge >= 0.3 is 0 Å². The van der Waals surface area contributed by atoms with Crippen LogP contribution in [0.15, 0.2) is 0 Å². The molecule has 0 radical (unpaired) electrons. The molecular formula is C17H32N2O6. The Bertz CT molecular complexity index is 445. The summed E-state index contributed by atoms with van der Waals surface area (Å²) < 4.78 is 11.2. The first-order valence-corrected chi connectivity index (χ1v) is 8.89. The van der Waals surface area contributed by atoms with E-state index in [-0.39, 0.29) is 30.4 Å². The van der Waals surface area contributed by atoms with Gasteiger partial charge in [-0.3, -0.25) is 9.59 Å². The molecule has 6 unspecified atom stereocenters. The van der Waals surface area contributed by atoms with Gasteiger partial charge < -0.3 is 30.3 Å². The van der Waals surface area contributed by atoms with Crippen LogP contribution in [-0.4, -0.2) is 65.3 Å². The van der Waals surface area contributed by atoms with E-state index < -0.39 is 30.6 Å². The minimum absolute atomic E-state index is 0.0968. The fourth-order valence-corrected chi connectivity index (χ4v) is 2.84. The van der Waals surface area contributed by atoms with Crippen LogP contribution in [-0.2, 0) is 19.1 Å². The lowest BCUT2D eigenvalue weighted by molar-refractivity contribution is -0.283. The largest absolute Gasteiger partial charge is 0.388 e. The molecule has 0 aliphatic carbocycles. The van der Waals surface area contributed by atoms with Gasteiger partial charge in [0, 0.05) is 19.4 Å². The third-order valence-corrected chi connectivity index (χ3v) is 4.13. The molecule has 0 saturated carbocycles. The van der Waals surface area contributed by atoms with Crippen molar-refractivity contribution in [2.45, 2.75) is 84.2 Å². The molecule has 6 atom stereocenters. The zero-order chi connectivity index (χ0) is 19.1. The standard InChI is InChI=1S/C17H32N2O6/c1-6-7-10(4)16(23)18-8-12-13(19-11(5)20)14(21)15(22)17(25-12)24-9(2)3/h9-10,12-15,17,21-22H,6-8H2,1-5H3,(H,18,23)(H,19,20). The highest BCUT2D eigenvalue weighted by molar-refractivity contribution is 5.78. The van der Waals surface area contributed by atoms with E-state index in [0.717, 1.165) is 12.8 Å². The Morgan fingerprint density at radius 3 is 2.36 bits per heavy atom. The Morgan fingerprint density at radius 1 is 1.20 bits per heavy atom. The maximum Gasteiger partial charge on any atom is 0.222 e. The highest BCUT2D eigenvalue weighted by Crippen LogP contribution is 2.23. The monoisotopic (exact) mass is 360 g/mol. The molecule has 1 aliphatic rings. The smallest absolute Gasteiger partial charge is 0.222 e. The van der Waals surface area contributed by atoms with Gasteiger partial charge in [0.15, 0.2) is 6.29 Å². The number of amides is 2. The van der Waals surface area contributed by atoms with Crippen LogP contribution in [0.2, 0.25) is 0 Å². The SMILES string of the molecule is CCCC(C)C(=O)NCC1OC(OC(C)C)C(O)C(O)C1NC(C)=O. The van der Waals surface area contributed by atoms with Crippen molar-refractivity contribution in [1.29, 1.82) is 0 Å². The van der Waals surface area contributed by atoms with E-state index in [9.17, 15) is 19.8 Å². The Labute approximate surface area is 149 Å². The molecule has 0 aromatic carbocycles. The molecule has 8 heteroatoms. The minimum atomic E-state index is -1.30. The summed E-state index contributed by atoms with van der Waals surface area (Å²) in [4.78, 5) is 23.5. The summed E-state index contributed by atoms with van der Waals surface area (Å²) >= 11 is 0. The number of rotatable bonds is 8. The lowest BCUT2D eigenvalue weighted by Gasteiger charge is -2.43. The normalized spacial score (nSPS) is 30.8. The first-order valence-electron chi connectivity index (χ1n) is 8.89. The molecule has 1 aliphatic heterocycles. The van der Waals surface area contributed by atoms with Crippen molar-refractivity contribution < 1.29 is 29.3 Å². The van der Waals surface area contributed by atoms with E-state index in [1.165, 1.54) is 6.92 Å². The summed E-state index contributed by atoms with van der Waals surface area (Å²) in [6, 6.07) is -0.846. The van der Waals surface area contributed by atoms with Crippen molar-refractivity contribution in [3.8, 4) is 0 Å². The van der Waals surface area contributed by atoms with E-state index >= 15 is 0 Å². The fourth-order valence-electron chi connectivity index (χ4n) is 2.84. The molecule has 4 N–H and O–H groups in total. The van der Waals surface area contributed by atoms with Gasteiger partial charge in [-0.2, -0.15) is 0 Å². The number of aliphatic hydroxyl groups is 2. The number of ether oxygens (including phenoxy) is 2. The van der Waals surface area contributed by atoms with E-state index in [1.807, 2.05) is 13.8 Å². The van der Waals surface area contributed by atoms with E-state index in [4.69, 9.17) is 9.47 Å². The summed E-state index contributed by atoms with van der Waals surface area (Å²) in [6.45, 7) is 8.83. The van der Waals surface area contributed by atoms with Crippen LogP contribution in [0.25, 0.3) is 0 Å². The molecular weight excluding hydrogens is 328 g/mol. The Kier molecular flexibility index (Phi) is 8.78.